The molecule has 1 fully saturated rings. The second kappa shape index (κ2) is 3.14. The van der Waals surface area contributed by atoms with E-state index in [0.29, 0.717) is 5.92 Å². The molecule has 0 saturated carbocycles. The number of hydrogen-bond acceptors (Lipinski definition) is 2. The molecule has 70 valence electrons. The average Bonchev–Trinajstić information content (AvgIpc) is 2.15. The highest BCUT2D eigenvalue weighted by atomic mass is 32.1. The van der Waals surface area contributed by atoms with Gasteiger partial charge in [0.15, 0.2) is 0 Å². The summed E-state index contributed by atoms with van der Waals surface area (Å²) in [5.74, 6) is 0.434. The molecule has 13 heavy (non-hydrogen) atoms. The summed E-state index contributed by atoms with van der Waals surface area (Å²) in [6.45, 7) is 0.912. The predicted octanol–water partition coefficient (Wildman–Crippen LogP) is 1.61. The lowest BCUT2D eigenvalue weighted by Gasteiger charge is -2.41. The second-order valence-corrected chi connectivity index (χ2v) is 4.10. The first-order valence-electron chi connectivity index (χ1n) is 4.53. The summed E-state index contributed by atoms with van der Waals surface area (Å²) < 4.78 is 0. The Kier molecular flexibility index (Phi) is 2.12. The molecule has 0 spiro atoms. The first-order valence-corrected chi connectivity index (χ1v) is 4.94. The molecule has 2 rings (SSSR count). The summed E-state index contributed by atoms with van der Waals surface area (Å²) in [4.78, 5) is 5.49. The summed E-state index contributed by atoms with van der Waals surface area (Å²) in [6.07, 6.45) is 7.54. The molecule has 0 aromatic heterocycles. The molecule has 1 aliphatic heterocycles. The minimum Gasteiger partial charge on any atom is -0.360 e. The van der Waals surface area contributed by atoms with Crippen molar-refractivity contribution < 1.29 is 0 Å². The van der Waals surface area contributed by atoms with E-state index in [2.05, 4.69) is 42.1 Å². The molecule has 0 aromatic carbocycles. The van der Waals surface area contributed by atoms with E-state index in [9.17, 15) is 0 Å². The Morgan fingerprint density at radius 2 is 2.15 bits per heavy atom. The molecular weight excluding hydrogens is 180 g/mol. The molecule has 0 amide bonds. The fourth-order valence-corrected chi connectivity index (χ4v) is 2.25. The van der Waals surface area contributed by atoms with Gasteiger partial charge >= 0.3 is 0 Å². The molecule has 0 bridgehead atoms. The highest BCUT2D eigenvalue weighted by Gasteiger charge is 2.30. The third-order valence-corrected chi connectivity index (χ3v) is 3.27. The van der Waals surface area contributed by atoms with Gasteiger partial charge in [0.25, 0.3) is 0 Å². The zero-order valence-electron chi connectivity index (χ0n) is 8.03. The van der Waals surface area contributed by atoms with Gasteiger partial charge in [0.05, 0.1) is 17.6 Å². The molecule has 1 atom stereocenters. The Bertz CT molecular complexity index is 293. The van der Waals surface area contributed by atoms with Crippen molar-refractivity contribution in [2.75, 3.05) is 20.8 Å². The van der Waals surface area contributed by atoms with E-state index in [-0.39, 0.29) is 0 Å². The lowest BCUT2D eigenvalue weighted by molar-refractivity contribution is 0.243. The van der Waals surface area contributed by atoms with Crippen molar-refractivity contribution in [3.05, 3.63) is 23.9 Å². The first kappa shape index (κ1) is 8.75. The van der Waals surface area contributed by atoms with Gasteiger partial charge < -0.3 is 9.80 Å². The number of allylic oxidation sites excluding steroid dienone is 3. The predicted molar refractivity (Wildman–Crippen MR) is 58.3 cm³/mol. The van der Waals surface area contributed by atoms with Crippen molar-refractivity contribution in [3.8, 4) is 0 Å². The molecule has 3 heteroatoms. The molecule has 0 N–H and O–H groups in total. The van der Waals surface area contributed by atoms with Gasteiger partial charge in [-0.25, -0.2) is 0 Å². The van der Waals surface area contributed by atoms with Crippen LogP contribution < -0.4 is 0 Å². The highest BCUT2D eigenvalue weighted by Crippen LogP contribution is 2.29. The van der Waals surface area contributed by atoms with Crippen LogP contribution in [0.5, 0.6) is 0 Å². The molecule has 1 unspecified atom stereocenters. The van der Waals surface area contributed by atoms with Crippen molar-refractivity contribution in [1.29, 1.82) is 0 Å². The van der Waals surface area contributed by atoms with E-state index >= 15 is 0 Å². The standard InChI is InChI=1S/C10H14N2S/c1-11-7-12(2)10(13)8-5-3-4-6-9(8)11/h3-4,6,8H,5,7H2,1-2H3. The number of fused-ring (bicyclic) bond motifs is 1. The van der Waals surface area contributed by atoms with E-state index in [1.807, 2.05) is 0 Å². The van der Waals surface area contributed by atoms with Gasteiger partial charge in [0, 0.05) is 19.8 Å². The maximum atomic E-state index is 5.40. The van der Waals surface area contributed by atoms with Gasteiger partial charge in [-0.3, -0.25) is 0 Å². The van der Waals surface area contributed by atoms with Crippen LogP contribution in [0.25, 0.3) is 0 Å². The van der Waals surface area contributed by atoms with Gasteiger partial charge in [-0.15, -0.1) is 0 Å². The highest BCUT2D eigenvalue weighted by molar-refractivity contribution is 7.80. The first-order chi connectivity index (χ1) is 6.20. The summed E-state index contributed by atoms with van der Waals surface area (Å²) in [5.41, 5.74) is 1.37. The molecule has 1 aliphatic carbocycles. The lowest BCUT2D eigenvalue weighted by Crippen LogP contribution is -2.47. The van der Waals surface area contributed by atoms with Crippen molar-refractivity contribution in [3.63, 3.8) is 0 Å². The van der Waals surface area contributed by atoms with Gasteiger partial charge in [-0.2, -0.15) is 0 Å². The smallest absolute Gasteiger partial charge is 0.0898 e. The summed E-state index contributed by atoms with van der Waals surface area (Å²) in [6, 6.07) is 0. The van der Waals surface area contributed by atoms with Crippen LogP contribution in [0.4, 0.5) is 0 Å². The number of hydrogen-bond donors (Lipinski definition) is 0. The van der Waals surface area contributed by atoms with Gasteiger partial charge in [0.1, 0.15) is 0 Å². The van der Waals surface area contributed by atoms with E-state index in [1.165, 1.54) is 5.70 Å². The van der Waals surface area contributed by atoms with Gasteiger partial charge in [-0.05, 0) is 12.5 Å². The Morgan fingerprint density at radius 1 is 1.38 bits per heavy atom. The van der Waals surface area contributed by atoms with Crippen LogP contribution in [0.2, 0.25) is 0 Å². The summed E-state index contributed by atoms with van der Waals surface area (Å²) in [7, 11) is 4.18. The Hall–Kier alpha value is -0.830. The molecule has 1 saturated heterocycles. The van der Waals surface area contributed by atoms with Crippen molar-refractivity contribution in [2.45, 2.75) is 6.42 Å². The minimum absolute atomic E-state index is 0.434. The summed E-state index contributed by atoms with van der Waals surface area (Å²) in [5, 5.41) is 0. The van der Waals surface area contributed by atoms with Gasteiger partial charge in [0.2, 0.25) is 0 Å². The maximum absolute atomic E-state index is 5.40. The summed E-state index contributed by atoms with van der Waals surface area (Å²) >= 11 is 5.40. The third-order valence-electron chi connectivity index (χ3n) is 2.67. The van der Waals surface area contributed by atoms with E-state index in [1.54, 1.807) is 0 Å². The van der Waals surface area contributed by atoms with Crippen LogP contribution in [0, 0.1) is 5.92 Å². The Balaban J connectivity index is 2.31. The fraction of sp³-hybridized carbons (Fsp3) is 0.500. The average molecular weight is 194 g/mol. The molecule has 0 radical (unpaired) electrons. The van der Waals surface area contributed by atoms with Crippen LogP contribution in [0.1, 0.15) is 6.42 Å². The van der Waals surface area contributed by atoms with Crippen LogP contribution in [0.15, 0.2) is 23.9 Å². The van der Waals surface area contributed by atoms with E-state index in [0.717, 1.165) is 18.1 Å². The fourth-order valence-electron chi connectivity index (χ4n) is 1.97. The number of rotatable bonds is 0. The van der Waals surface area contributed by atoms with E-state index in [4.69, 9.17) is 12.2 Å². The third kappa shape index (κ3) is 1.37. The van der Waals surface area contributed by atoms with Crippen molar-refractivity contribution in [2.24, 2.45) is 5.92 Å². The van der Waals surface area contributed by atoms with Crippen LogP contribution in [-0.4, -0.2) is 35.6 Å². The Morgan fingerprint density at radius 3 is 2.92 bits per heavy atom. The van der Waals surface area contributed by atoms with Crippen LogP contribution in [-0.2, 0) is 0 Å². The number of thiocarbonyl (C=S) groups is 1. The zero-order chi connectivity index (χ0) is 9.42. The molecule has 2 nitrogen and oxygen atoms in total. The molecular formula is C10H14N2S. The zero-order valence-corrected chi connectivity index (χ0v) is 8.84. The van der Waals surface area contributed by atoms with Gasteiger partial charge in [-0.1, -0.05) is 24.4 Å². The molecule has 1 heterocycles. The quantitative estimate of drug-likeness (QED) is 0.541. The van der Waals surface area contributed by atoms with E-state index < -0.39 is 0 Å². The largest absolute Gasteiger partial charge is 0.360 e. The number of nitrogens with zero attached hydrogens (tertiary/aromatic N) is 2. The van der Waals surface area contributed by atoms with Crippen molar-refractivity contribution in [1.82, 2.24) is 9.80 Å². The topological polar surface area (TPSA) is 6.48 Å². The second-order valence-electron chi connectivity index (χ2n) is 3.68. The monoisotopic (exact) mass is 194 g/mol. The molecule has 2 aliphatic rings. The lowest BCUT2D eigenvalue weighted by atomic mass is 9.94. The van der Waals surface area contributed by atoms with Crippen molar-refractivity contribution >= 4 is 17.2 Å². The van der Waals surface area contributed by atoms with Crippen LogP contribution in [0.3, 0.4) is 0 Å². The molecule has 0 aromatic rings. The minimum atomic E-state index is 0.434. The van der Waals surface area contributed by atoms with Crippen LogP contribution >= 0.6 is 12.2 Å². The Labute approximate surface area is 84.5 Å². The maximum Gasteiger partial charge on any atom is 0.0898 e. The normalized spacial score (nSPS) is 27.4. The SMILES string of the molecule is CN1CN(C)C2=CC=CCC2C1=S.